The highest BCUT2D eigenvalue weighted by Crippen LogP contribution is 2.33. The number of fused-ring (bicyclic) bond motifs is 1. The van der Waals surface area contributed by atoms with Crippen molar-refractivity contribution in [2.24, 2.45) is 0 Å². The van der Waals surface area contributed by atoms with E-state index < -0.39 is 0 Å². The van der Waals surface area contributed by atoms with Gasteiger partial charge in [0.05, 0.1) is 33.3 Å². The molecule has 3 aromatic carbocycles. The number of thiophene rings is 1. The monoisotopic (exact) mass is 586 g/mol. The molecule has 5 rings (SSSR count). The van der Waals surface area contributed by atoms with Crippen molar-refractivity contribution >= 4 is 50.6 Å². The van der Waals surface area contributed by atoms with Gasteiger partial charge in [0, 0.05) is 5.69 Å². The number of carbonyl (C=O) groups is 1. The molecule has 0 aliphatic rings. The number of anilines is 2. The molecule has 5 aromatic rings. The minimum absolute atomic E-state index is 0.0335. The highest BCUT2D eigenvalue weighted by atomic mass is 35.5. The van der Waals surface area contributed by atoms with Crippen LogP contribution in [0.1, 0.15) is 16.0 Å². The second kappa shape index (κ2) is 13.7. The highest BCUT2D eigenvalue weighted by Gasteiger charge is 2.10. The Morgan fingerprint density at radius 1 is 0.976 bits per heavy atom. The summed E-state index contributed by atoms with van der Waals surface area (Å²) < 4.78 is 25.4. The van der Waals surface area contributed by atoms with Crippen molar-refractivity contribution in [3.05, 3.63) is 112 Å². The topological polar surface area (TPSA) is 85.4 Å². The molecule has 2 N–H and O–H groups in total. The minimum atomic E-state index is -0.317. The fourth-order valence-corrected chi connectivity index (χ4v) is 4.95. The Kier molecular flexibility index (Phi) is 9.39. The van der Waals surface area contributed by atoms with Gasteiger partial charge in [-0.1, -0.05) is 65.9 Å². The van der Waals surface area contributed by atoms with Crippen molar-refractivity contribution < 1.29 is 18.7 Å². The minimum Gasteiger partial charge on any atom is -0.487 e. The van der Waals surface area contributed by atoms with Crippen LogP contribution in [0.15, 0.2) is 85.2 Å². The van der Waals surface area contributed by atoms with E-state index in [1.807, 2.05) is 42.5 Å². The van der Waals surface area contributed by atoms with Crippen LogP contribution in [0, 0.1) is 17.7 Å². The summed E-state index contributed by atoms with van der Waals surface area (Å²) >= 11 is 7.88. The Hall–Kier alpha value is -4.49. The lowest BCUT2D eigenvalue weighted by Crippen LogP contribution is -2.27. The van der Waals surface area contributed by atoms with E-state index in [0.717, 1.165) is 20.7 Å². The first-order chi connectivity index (χ1) is 20.0. The molecule has 0 saturated heterocycles. The molecule has 0 radical (unpaired) electrons. The van der Waals surface area contributed by atoms with Crippen LogP contribution in [0.5, 0.6) is 5.75 Å². The zero-order valence-electron chi connectivity index (χ0n) is 21.7. The third-order valence-electron chi connectivity index (χ3n) is 5.72. The molecule has 7 nitrogen and oxygen atoms in total. The van der Waals surface area contributed by atoms with Crippen molar-refractivity contribution in [3.63, 3.8) is 0 Å². The van der Waals surface area contributed by atoms with Crippen LogP contribution in [0.3, 0.4) is 0 Å². The van der Waals surface area contributed by atoms with Gasteiger partial charge >= 0.3 is 0 Å². The maximum absolute atomic E-state index is 13.4. The second-order valence-corrected chi connectivity index (χ2v) is 10.3. The Bertz CT molecular complexity index is 1720. The number of nitrogens with one attached hydrogen (secondary N) is 2. The predicted octanol–water partition coefficient (Wildman–Crippen LogP) is 6.49. The molecule has 0 unspecified atom stereocenters. The Morgan fingerprint density at radius 3 is 2.66 bits per heavy atom. The normalized spacial score (nSPS) is 10.6. The van der Waals surface area contributed by atoms with E-state index >= 15 is 0 Å². The summed E-state index contributed by atoms with van der Waals surface area (Å²) in [4.78, 5) is 21.5. The van der Waals surface area contributed by atoms with Crippen LogP contribution >= 0.6 is 22.9 Å². The number of carbonyl (C=O) groups excluding carboxylic acids is 1. The lowest BCUT2D eigenvalue weighted by Gasteiger charge is -2.11. The van der Waals surface area contributed by atoms with Gasteiger partial charge in [-0.3, -0.25) is 4.79 Å². The average Bonchev–Trinajstić information content (AvgIpc) is 3.40. The van der Waals surface area contributed by atoms with Gasteiger partial charge in [0.25, 0.3) is 0 Å². The molecule has 0 aliphatic carbocycles. The Labute approximate surface area is 245 Å². The number of hydrogen-bond donors (Lipinski definition) is 2. The van der Waals surface area contributed by atoms with E-state index in [-0.39, 0.29) is 31.5 Å². The maximum atomic E-state index is 13.4. The van der Waals surface area contributed by atoms with Crippen LogP contribution < -0.4 is 15.4 Å². The average molecular weight is 587 g/mol. The summed E-state index contributed by atoms with van der Waals surface area (Å²) in [5, 5.41) is 6.41. The van der Waals surface area contributed by atoms with Crippen molar-refractivity contribution in [3.8, 4) is 17.6 Å². The molecule has 0 bridgehead atoms. The number of aromatic nitrogens is 2. The fourth-order valence-electron chi connectivity index (χ4n) is 3.79. The maximum Gasteiger partial charge on any atom is 0.246 e. The third-order valence-corrected chi connectivity index (χ3v) is 7.06. The molecular formula is C31H24ClFN4O3S. The van der Waals surface area contributed by atoms with Gasteiger partial charge in [-0.05, 0) is 47.5 Å². The van der Waals surface area contributed by atoms with E-state index in [1.54, 1.807) is 24.3 Å². The summed E-state index contributed by atoms with van der Waals surface area (Å²) in [5.74, 6) is 6.58. The fraction of sp³-hybridized carbons (Fsp3) is 0.129. The molecule has 0 saturated carbocycles. The number of rotatable bonds is 10. The second-order valence-electron chi connectivity index (χ2n) is 8.79. The van der Waals surface area contributed by atoms with Crippen LogP contribution in [0.4, 0.5) is 15.9 Å². The van der Waals surface area contributed by atoms with Gasteiger partial charge in [0.1, 0.15) is 31.1 Å². The van der Waals surface area contributed by atoms with E-state index in [1.165, 1.54) is 29.8 Å². The van der Waals surface area contributed by atoms with Gasteiger partial charge in [0.2, 0.25) is 5.91 Å². The zero-order valence-corrected chi connectivity index (χ0v) is 23.3. The van der Waals surface area contributed by atoms with E-state index in [0.29, 0.717) is 34.4 Å². The highest BCUT2D eigenvalue weighted by molar-refractivity contribution is 7.20. The molecule has 2 heterocycles. The molecule has 2 aromatic heterocycles. The van der Waals surface area contributed by atoms with Crippen molar-refractivity contribution in [2.75, 3.05) is 18.5 Å². The van der Waals surface area contributed by atoms with E-state index in [2.05, 4.69) is 32.4 Å². The first-order valence-corrected chi connectivity index (χ1v) is 13.8. The molecule has 0 atom stereocenters. The Morgan fingerprint density at radius 2 is 1.83 bits per heavy atom. The van der Waals surface area contributed by atoms with Crippen molar-refractivity contribution in [2.45, 2.75) is 13.2 Å². The molecule has 10 heteroatoms. The SMILES string of the molecule is O=C(COCc1ccccc1)NCC#Cc1cc2ncnc(Nc3ccc(OCc4cccc(F)c4)c(Cl)c3)c2s1. The summed E-state index contributed by atoms with van der Waals surface area (Å²) in [7, 11) is 0. The van der Waals surface area contributed by atoms with E-state index in [9.17, 15) is 9.18 Å². The number of amides is 1. The quantitative estimate of drug-likeness (QED) is 0.182. The zero-order chi connectivity index (χ0) is 28.4. The van der Waals surface area contributed by atoms with Gasteiger partial charge in [-0.15, -0.1) is 11.3 Å². The lowest BCUT2D eigenvalue weighted by molar-refractivity contribution is -0.125. The van der Waals surface area contributed by atoms with Crippen LogP contribution in [-0.4, -0.2) is 29.0 Å². The number of hydrogen-bond acceptors (Lipinski definition) is 7. The summed E-state index contributed by atoms with van der Waals surface area (Å²) in [6.07, 6.45) is 1.47. The van der Waals surface area contributed by atoms with E-state index in [4.69, 9.17) is 21.1 Å². The standard InChI is InChI=1S/C31H24ClFN4O3S/c32-26-15-24(11-12-28(26)40-18-22-8-4-9-23(33)14-22)37-31-30-27(35-20-36-31)16-25(41-30)10-5-13-34-29(38)19-39-17-21-6-2-1-3-7-21/h1-4,6-9,11-12,14-16,20H,13,17-19H2,(H,34,38)(H,35,36,37). The summed E-state index contributed by atoms with van der Waals surface area (Å²) in [5.41, 5.74) is 3.18. The lowest BCUT2D eigenvalue weighted by atomic mass is 10.2. The number of nitrogens with zero attached hydrogens (tertiary/aromatic N) is 2. The molecule has 0 spiro atoms. The molecule has 0 aliphatic heterocycles. The van der Waals surface area contributed by atoms with Gasteiger partial charge in [0.15, 0.2) is 5.82 Å². The number of benzene rings is 3. The van der Waals surface area contributed by atoms with Gasteiger partial charge in [-0.2, -0.15) is 0 Å². The first kappa shape index (κ1) is 28.1. The molecule has 41 heavy (non-hydrogen) atoms. The number of ether oxygens (including phenoxy) is 2. The molecule has 0 fully saturated rings. The number of halogens is 2. The molecular weight excluding hydrogens is 563 g/mol. The summed E-state index contributed by atoms with van der Waals surface area (Å²) in [6.45, 7) is 0.736. The first-order valence-electron chi connectivity index (χ1n) is 12.6. The molecule has 206 valence electrons. The van der Waals surface area contributed by atoms with Crippen molar-refractivity contribution in [1.82, 2.24) is 15.3 Å². The van der Waals surface area contributed by atoms with Gasteiger partial charge < -0.3 is 20.1 Å². The van der Waals surface area contributed by atoms with Crippen LogP contribution in [0.2, 0.25) is 5.02 Å². The smallest absolute Gasteiger partial charge is 0.246 e. The predicted molar refractivity (Wildman–Crippen MR) is 159 cm³/mol. The Balaban J connectivity index is 1.15. The van der Waals surface area contributed by atoms with Gasteiger partial charge in [-0.25, -0.2) is 14.4 Å². The summed E-state index contributed by atoms with van der Waals surface area (Å²) in [6, 6.07) is 23.1. The third kappa shape index (κ3) is 8.02. The van der Waals surface area contributed by atoms with Crippen molar-refractivity contribution in [1.29, 1.82) is 0 Å². The van der Waals surface area contributed by atoms with Crippen LogP contribution in [-0.2, 0) is 22.7 Å². The molecule has 1 amide bonds. The van der Waals surface area contributed by atoms with Crippen LogP contribution in [0.25, 0.3) is 10.2 Å². The largest absolute Gasteiger partial charge is 0.487 e.